The minimum atomic E-state index is -2.81. The van der Waals surface area contributed by atoms with Crippen LogP contribution in [-0.4, -0.2) is 0 Å². The maximum Gasteiger partial charge on any atom is 0.270 e. The van der Waals surface area contributed by atoms with E-state index >= 15 is 0 Å². The summed E-state index contributed by atoms with van der Waals surface area (Å²) in [4.78, 5) is 0. The molecule has 20 heavy (non-hydrogen) atoms. The number of hydrogen-bond acceptors (Lipinski definition) is 0. The summed E-state index contributed by atoms with van der Waals surface area (Å²) < 4.78 is 26.8. The van der Waals surface area contributed by atoms with Crippen molar-refractivity contribution in [1.29, 1.82) is 0 Å². The third kappa shape index (κ3) is 3.24. The van der Waals surface area contributed by atoms with Crippen LogP contribution in [0.4, 0.5) is 8.78 Å². The first kappa shape index (κ1) is 14.7. The van der Waals surface area contributed by atoms with Crippen LogP contribution in [0, 0.1) is 0 Å². The van der Waals surface area contributed by atoms with Crippen LogP contribution in [0.3, 0.4) is 0 Å². The molecular weight excluding hydrogens is 254 g/mol. The van der Waals surface area contributed by atoms with E-state index in [9.17, 15) is 8.78 Å². The Kier molecular flexibility index (Phi) is 3.68. The predicted octanol–water partition coefficient (Wildman–Crippen LogP) is 5.76. The average Bonchev–Trinajstić information content (AvgIpc) is 2.37. The van der Waals surface area contributed by atoms with Crippen molar-refractivity contribution in [2.45, 2.75) is 39.0 Å². The summed E-state index contributed by atoms with van der Waals surface area (Å²) in [5, 5.41) is 0. The third-order valence-electron chi connectivity index (χ3n) is 3.43. The van der Waals surface area contributed by atoms with Crippen LogP contribution >= 0.6 is 0 Å². The fourth-order valence-electron chi connectivity index (χ4n) is 2.14. The Morgan fingerprint density at radius 3 is 1.60 bits per heavy atom. The molecule has 0 atom stereocenters. The summed E-state index contributed by atoms with van der Waals surface area (Å²) in [6.07, 6.45) is 0. The van der Waals surface area contributed by atoms with Crippen LogP contribution in [0.25, 0.3) is 11.1 Å². The Labute approximate surface area is 119 Å². The molecular formula is C18H20F2. The first-order chi connectivity index (χ1) is 9.18. The number of hydrogen-bond donors (Lipinski definition) is 0. The summed E-state index contributed by atoms with van der Waals surface area (Å²) >= 11 is 0. The first-order valence-electron chi connectivity index (χ1n) is 6.77. The third-order valence-corrected chi connectivity index (χ3v) is 3.43. The molecule has 2 aromatic carbocycles. The molecule has 0 aliphatic heterocycles. The van der Waals surface area contributed by atoms with Crippen molar-refractivity contribution in [2.24, 2.45) is 0 Å². The van der Waals surface area contributed by atoms with E-state index in [4.69, 9.17) is 0 Å². The predicted molar refractivity (Wildman–Crippen MR) is 80.1 cm³/mol. The van der Waals surface area contributed by atoms with Crippen LogP contribution in [0.15, 0.2) is 48.5 Å². The monoisotopic (exact) mass is 274 g/mol. The molecule has 0 unspecified atom stereocenters. The van der Waals surface area contributed by atoms with Crippen LogP contribution in [0.1, 0.15) is 38.8 Å². The molecule has 0 amide bonds. The van der Waals surface area contributed by atoms with E-state index in [1.165, 1.54) is 11.6 Å². The molecule has 0 saturated heterocycles. The zero-order valence-corrected chi connectivity index (χ0v) is 12.4. The normalized spacial score (nSPS) is 12.5. The van der Waals surface area contributed by atoms with E-state index in [-0.39, 0.29) is 11.0 Å². The molecule has 0 saturated carbocycles. The minimum Gasteiger partial charge on any atom is -0.202 e. The molecule has 0 radical (unpaired) electrons. The lowest BCUT2D eigenvalue weighted by Crippen LogP contribution is -2.10. The van der Waals surface area contributed by atoms with Crippen molar-refractivity contribution in [3.8, 4) is 11.1 Å². The molecule has 0 aliphatic rings. The largest absolute Gasteiger partial charge is 0.270 e. The summed E-state index contributed by atoms with van der Waals surface area (Å²) in [6.45, 7) is 7.35. The van der Waals surface area contributed by atoms with Crippen molar-refractivity contribution in [3.05, 3.63) is 59.7 Å². The van der Waals surface area contributed by atoms with Gasteiger partial charge in [-0.05, 0) is 28.2 Å². The van der Waals surface area contributed by atoms with E-state index in [0.29, 0.717) is 0 Å². The van der Waals surface area contributed by atoms with Crippen LogP contribution in [-0.2, 0) is 11.3 Å². The highest BCUT2D eigenvalue weighted by molar-refractivity contribution is 5.65. The molecule has 0 aliphatic carbocycles. The van der Waals surface area contributed by atoms with E-state index < -0.39 is 5.92 Å². The van der Waals surface area contributed by atoms with Crippen LogP contribution < -0.4 is 0 Å². The average molecular weight is 274 g/mol. The highest BCUT2D eigenvalue weighted by atomic mass is 19.3. The molecule has 0 fully saturated rings. The van der Waals surface area contributed by atoms with Gasteiger partial charge in [0.25, 0.3) is 5.92 Å². The standard InChI is InChI=1S/C18H20F2/c1-17(2,3)15-9-5-7-13(11-15)14-8-6-10-16(12-14)18(4,19)20/h5-12H,1-4H3. The first-order valence-corrected chi connectivity index (χ1v) is 6.77. The fraction of sp³-hybridized carbons (Fsp3) is 0.333. The molecule has 0 aromatic heterocycles. The smallest absolute Gasteiger partial charge is 0.202 e. The quantitative estimate of drug-likeness (QED) is 0.652. The van der Waals surface area contributed by atoms with Gasteiger partial charge in [0.1, 0.15) is 0 Å². The van der Waals surface area contributed by atoms with Crippen LogP contribution in [0.5, 0.6) is 0 Å². The Bertz CT molecular complexity index is 546. The number of rotatable bonds is 2. The fourth-order valence-corrected chi connectivity index (χ4v) is 2.14. The zero-order valence-electron chi connectivity index (χ0n) is 12.4. The van der Waals surface area contributed by atoms with Crippen LogP contribution in [0.2, 0.25) is 0 Å². The number of halogens is 2. The van der Waals surface area contributed by atoms with Gasteiger partial charge in [0, 0.05) is 12.5 Å². The number of benzene rings is 2. The van der Waals surface area contributed by atoms with E-state index in [2.05, 4.69) is 32.9 Å². The van der Waals surface area contributed by atoms with Gasteiger partial charge < -0.3 is 0 Å². The maximum atomic E-state index is 13.4. The van der Waals surface area contributed by atoms with Gasteiger partial charge in [0.05, 0.1) is 0 Å². The zero-order chi connectivity index (χ0) is 15.0. The van der Waals surface area contributed by atoms with Crippen molar-refractivity contribution < 1.29 is 8.78 Å². The maximum absolute atomic E-state index is 13.4. The van der Waals surface area contributed by atoms with E-state index in [1.807, 2.05) is 18.2 Å². The van der Waals surface area contributed by atoms with Gasteiger partial charge in [-0.3, -0.25) is 0 Å². The second-order valence-electron chi connectivity index (χ2n) is 6.30. The van der Waals surface area contributed by atoms with Gasteiger partial charge in [-0.1, -0.05) is 63.2 Å². The van der Waals surface area contributed by atoms with Gasteiger partial charge in [0.15, 0.2) is 0 Å². The molecule has 0 bridgehead atoms. The SMILES string of the molecule is CC(C)(C)c1cccc(-c2cccc(C(C)(F)F)c2)c1. The van der Waals surface area contributed by atoms with E-state index in [0.717, 1.165) is 18.1 Å². The Morgan fingerprint density at radius 2 is 1.15 bits per heavy atom. The van der Waals surface area contributed by atoms with Crippen molar-refractivity contribution in [1.82, 2.24) is 0 Å². The minimum absolute atomic E-state index is 0.0440. The molecule has 106 valence electrons. The second kappa shape index (κ2) is 5.01. The van der Waals surface area contributed by atoms with Gasteiger partial charge in [-0.2, -0.15) is 0 Å². The van der Waals surface area contributed by atoms with Crippen molar-refractivity contribution in [2.75, 3.05) is 0 Å². The lowest BCUT2D eigenvalue weighted by molar-refractivity contribution is 0.0175. The molecule has 0 spiro atoms. The van der Waals surface area contributed by atoms with Gasteiger partial charge in [-0.15, -0.1) is 0 Å². The lowest BCUT2D eigenvalue weighted by atomic mass is 9.85. The molecule has 0 heterocycles. The highest BCUT2D eigenvalue weighted by Gasteiger charge is 2.24. The summed E-state index contributed by atoms with van der Waals surface area (Å²) in [6, 6.07) is 14.7. The topological polar surface area (TPSA) is 0 Å². The number of alkyl halides is 2. The van der Waals surface area contributed by atoms with Gasteiger partial charge >= 0.3 is 0 Å². The summed E-state index contributed by atoms with van der Waals surface area (Å²) in [7, 11) is 0. The van der Waals surface area contributed by atoms with E-state index in [1.54, 1.807) is 12.1 Å². The van der Waals surface area contributed by atoms with Crippen molar-refractivity contribution >= 4 is 0 Å². The van der Waals surface area contributed by atoms with Gasteiger partial charge in [-0.25, -0.2) is 8.78 Å². The molecule has 0 nitrogen and oxygen atoms in total. The second-order valence-corrected chi connectivity index (χ2v) is 6.30. The molecule has 2 heteroatoms. The Morgan fingerprint density at radius 1 is 0.700 bits per heavy atom. The molecule has 2 aromatic rings. The highest BCUT2D eigenvalue weighted by Crippen LogP contribution is 2.32. The molecule has 2 rings (SSSR count). The lowest BCUT2D eigenvalue weighted by Gasteiger charge is -2.20. The summed E-state index contributed by atoms with van der Waals surface area (Å²) in [5.41, 5.74) is 3.10. The molecule has 0 N–H and O–H groups in total. The van der Waals surface area contributed by atoms with Gasteiger partial charge in [0.2, 0.25) is 0 Å². The summed E-state index contributed by atoms with van der Waals surface area (Å²) in [5.74, 6) is -2.81. The van der Waals surface area contributed by atoms with Crippen molar-refractivity contribution in [3.63, 3.8) is 0 Å². The Hall–Kier alpha value is -1.70. The Balaban J connectivity index is 2.47.